The predicted molar refractivity (Wildman–Crippen MR) is 119 cm³/mol. The number of methoxy groups -OCH3 is 1. The Labute approximate surface area is 200 Å². The third-order valence-corrected chi connectivity index (χ3v) is 4.90. The summed E-state index contributed by atoms with van der Waals surface area (Å²) in [6.45, 7) is 0. The van der Waals surface area contributed by atoms with Gasteiger partial charge in [0.1, 0.15) is 22.9 Å². The van der Waals surface area contributed by atoms with Crippen molar-refractivity contribution >= 4 is 28.6 Å². The van der Waals surface area contributed by atoms with Crippen LogP contribution in [0, 0.1) is 23.3 Å². The topological polar surface area (TPSA) is 113 Å². The summed E-state index contributed by atoms with van der Waals surface area (Å²) in [5.74, 6) is -10.3. The van der Waals surface area contributed by atoms with Crippen LogP contribution in [0.5, 0.6) is 23.0 Å². The molecular formula is C24H15F4N3O5. The molecule has 4 rings (SSSR count). The number of fused-ring (bicyclic) bond motifs is 1. The summed E-state index contributed by atoms with van der Waals surface area (Å²) in [5.41, 5.74) is 3.98. The largest absolute Gasteiger partial charge is 0.496 e. The lowest BCUT2D eigenvalue weighted by atomic mass is 10.1. The van der Waals surface area contributed by atoms with E-state index in [-0.39, 0.29) is 33.7 Å². The van der Waals surface area contributed by atoms with E-state index in [0.29, 0.717) is 0 Å². The number of halogens is 4. The van der Waals surface area contributed by atoms with Crippen LogP contribution in [-0.2, 0) is 0 Å². The number of hydrogen-bond donors (Lipinski definition) is 2. The molecule has 1 heterocycles. The fourth-order valence-electron chi connectivity index (χ4n) is 3.24. The van der Waals surface area contributed by atoms with E-state index in [1.54, 1.807) is 11.4 Å². The zero-order valence-electron chi connectivity index (χ0n) is 18.3. The minimum absolute atomic E-state index is 0.0215. The van der Waals surface area contributed by atoms with E-state index < -0.39 is 46.7 Å². The molecule has 184 valence electrons. The van der Waals surface area contributed by atoms with E-state index in [1.165, 1.54) is 49.7 Å². The number of para-hydroxylation sites is 1. The van der Waals surface area contributed by atoms with E-state index in [9.17, 15) is 27.2 Å². The summed E-state index contributed by atoms with van der Waals surface area (Å²) < 4.78 is 74.0. The molecule has 0 unspecified atom stereocenters. The van der Waals surface area contributed by atoms with Gasteiger partial charge in [0.05, 0.1) is 18.2 Å². The number of nitrogens with two attached hydrogens (primary N) is 1. The van der Waals surface area contributed by atoms with Crippen LogP contribution in [-0.4, -0.2) is 24.1 Å². The molecule has 3 aromatic carbocycles. The van der Waals surface area contributed by atoms with Gasteiger partial charge in [0.15, 0.2) is 11.6 Å². The van der Waals surface area contributed by atoms with Crippen LogP contribution >= 0.6 is 0 Å². The van der Waals surface area contributed by atoms with Gasteiger partial charge < -0.3 is 19.9 Å². The zero-order valence-corrected chi connectivity index (χ0v) is 18.3. The Kier molecular flexibility index (Phi) is 6.59. The second kappa shape index (κ2) is 9.78. The highest BCUT2D eigenvalue weighted by molar-refractivity contribution is 6.01. The van der Waals surface area contributed by atoms with Crippen molar-refractivity contribution < 1.29 is 41.4 Å². The van der Waals surface area contributed by atoms with Crippen molar-refractivity contribution in [3.63, 3.8) is 0 Å². The van der Waals surface area contributed by atoms with Gasteiger partial charge in [0.25, 0.3) is 5.91 Å². The van der Waals surface area contributed by atoms with Gasteiger partial charge >= 0.3 is 6.09 Å². The second-order valence-corrected chi connectivity index (χ2v) is 7.13. The van der Waals surface area contributed by atoms with Gasteiger partial charge in [-0.1, -0.05) is 18.2 Å². The fraction of sp³-hybridized carbons (Fsp3) is 0.0417. The number of hydrogen-bond acceptors (Lipinski definition) is 6. The molecule has 0 saturated heterocycles. The molecule has 0 aliphatic rings. The third-order valence-electron chi connectivity index (χ3n) is 4.90. The number of nitrogens with one attached hydrogen (secondary N) is 1. The first-order valence-corrected chi connectivity index (χ1v) is 10.1. The smallest absolute Gasteiger partial charge is 0.417 e. The first-order chi connectivity index (χ1) is 17.2. The van der Waals surface area contributed by atoms with Crippen molar-refractivity contribution in [1.29, 1.82) is 0 Å². The molecule has 0 atom stereocenters. The highest BCUT2D eigenvalue weighted by Crippen LogP contribution is 2.38. The van der Waals surface area contributed by atoms with Crippen molar-refractivity contribution in [2.24, 2.45) is 5.73 Å². The Morgan fingerprint density at radius 1 is 0.917 bits per heavy atom. The molecule has 0 saturated carbocycles. The molecule has 1 aromatic heterocycles. The summed E-state index contributed by atoms with van der Waals surface area (Å²) in [5, 5.41) is 1.68. The number of pyridine rings is 1. The van der Waals surface area contributed by atoms with E-state index in [0.717, 1.165) is 6.07 Å². The second-order valence-electron chi connectivity index (χ2n) is 7.13. The first-order valence-electron chi connectivity index (χ1n) is 10.1. The first kappa shape index (κ1) is 24.3. The molecule has 0 radical (unpaired) electrons. The molecule has 0 spiro atoms. The number of nitrogens with zero attached hydrogens (tertiary/aromatic N) is 1. The normalized spacial score (nSPS) is 10.7. The van der Waals surface area contributed by atoms with Gasteiger partial charge in [0.2, 0.25) is 17.4 Å². The zero-order chi connectivity index (χ0) is 26.0. The van der Waals surface area contributed by atoms with Gasteiger partial charge in [-0.2, -0.15) is 8.78 Å². The van der Waals surface area contributed by atoms with Crippen molar-refractivity contribution in [2.45, 2.75) is 0 Å². The van der Waals surface area contributed by atoms with E-state index in [2.05, 4.69) is 4.98 Å². The molecule has 0 fully saturated rings. The van der Waals surface area contributed by atoms with Crippen molar-refractivity contribution in [2.75, 3.05) is 12.4 Å². The molecule has 4 aromatic rings. The molecular weight excluding hydrogens is 486 g/mol. The third kappa shape index (κ3) is 4.56. The Bertz CT molecular complexity index is 1470. The SMILES string of the molecule is COc1cc2nccc(Oc3c(F)c(F)c(NC(=O)Oc4ccccc4)c(F)c3F)c2cc1C(N)=O. The van der Waals surface area contributed by atoms with E-state index >= 15 is 0 Å². The number of ether oxygens (including phenoxy) is 3. The molecule has 0 bridgehead atoms. The van der Waals surface area contributed by atoms with Gasteiger partial charge in [-0.05, 0) is 24.3 Å². The van der Waals surface area contributed by atoms with Crippen LogP contribution in [0.4, 0.5) is 28.0 Å². The molecule has 3 N–H and O–H groups in total. The minimum atomic E-state index is -1.94. The molecule has 8 nitrogen and oxygen atoms in total. The summed E-state index contributed by atoms with van der Waals surface area (Å²) in [4.78, 5) is 27.8. The van der Waals surface area contributed by atoms with Gasteiger partial charge in [-0.15, -0.1) is 0 Å². The van der Waals surface area contributed by atoms with Gasteiger partial charge in [0, 0.05) is 17.6 Å². The van der Waals surface area contributed by atoms with Crippen molar-refractivity contribution in [1.82, 2.24) is 4.98 Å². The maximum atomic E-state index is 14.8. The summed E-state index contributed by atoms with van der Waals surface area (Å²) in [6, 6.07) is 11.1. The Morgan fingerprint density at radius 2 is 1.58 bits per heavy atom. The maximum Gasteiger partial charge on any atom is 0.417 e. The lowest BCUT2D eigenvalue weighted by molar-refractivity contribution is 0.0997. The molecule has 12 heteroatoms. The van der Waals surface area contributed by atoms with Crippen LogP contribution in [0.1, 0.15) is 10.4 Å². The number of rotatable bonds is 6. The van der Waals surface area contributed by atoms with Crippen LogP contribution in [0.2, 0.25) is 0 Å². The number of primary amides is 1. The number of carbonyl (C=O) groups is 2. The van der Waals surface area contributed by atoms with Crippen LogP contribution < -0.4 is 25.3 Å². The summed E-state index contributed by atoms with van der Waals surface area (Å²) >= 11 is 0. The Morgan fingerprint density at radius 3 is 2.19 bits per heavy atom. The number of aromatic nitrogens is 1. The minimum Gasteiger partial charge on any atom is -0.496 e. The fourth-order valence-corrected chi connectivity index (χ4v) is 3.24. The number of carbonyl (C=O) groups excluding carboxylic acids is 2. The van der Waals surface area contributed by atoms with Crippen LogP contribution in [0.3, 0.4) is 0 Å². The summed E-state index contributed by atoms with van der Waals surface area (Å²) in [6.07, 6.45) is -0.196. The Balaban J connectivity index is 1.71. The van der Waals surface area contributed by atoms with Crippen LogP contribution in [0.15, 0.2) is 54.7 Å². The lowest BCUT2D eigenvalue weighted by Crippen LogP contribution is -2.20. The summed E-state index contributed by atoms with van der Waals surface area (Å²) in [7, 11) is 1.29. The standard InChI is InChI=1S/C24H15F4N3O5/c1-34-16-10-14-12(9-13(16)23(29)32)15(7-8-30-14)36-22-19(27)17(25)21(18(26)20(22)28)31-24(33)35-11-5-3-2-4-6-11/h2-10H,1H3,(H2,29,32)(H,31,33). The Hall–Kier alpha value is -4.87. The van der Waals surface area contributed by atoms with Crippen LogP contribution in [0.25, 0.3) is 10.9 Å². The number of benzene rings is 3. The molecule has 2 amide bonds. The van der Waals surface area contributed by atoms with Gasteiger partial charge in [-0.25, -0.2) is 13.6 Å². The molecule has 0 aliphatic carbocycles. The van der Waals surface area contributed by atoms with Crippen molar-refractivity contribution in [3.05, 3.63) is 83.6 Å². The average Bonchev–Trinajstić information content (AvgIpc) is 2.87. The average molecular weight is 501 g/mol. The number of anilines is 1. The molecule has 36 heavy (non-hydrogen) atoms. The predicted octanol–water partition coefficient (Wildman–Crippen LogP) is 5.30. The highest BCUT2D eigenvalue weighted by atomic mass is 19.2. The number of amides is 2. The maximum absolute atomic E-state index is 14.8. The van der Waals surface area contributed by atoms with E-state index in [1.807, 2.05) is 0 Å². The monoisotopic (exact) mass is 501 g/mol. The highest BCUT2D eigenvalue weighted by Gasteiger charge is 2.29. The van der Waals surface area contributed by atoms with Crippen molar-refractivity contribution in [3.8, 4) is 23.0 Å². The van der Waals surface area contributed by atoms with Gasteiger partial charge in [-0.3, -0.25) is 15.1 Å². The lowest BCUT2D eigenvalue weighted by Gasteiger charge is -2.15. The quantitative estimate of drug-likeness (QED) is 0.274. The molecule has 0 aliphatic heterocycles. The van der Waals surface area contributed by atoms with E-state index in [4.69, 9.17) is 19.9 Å².